The van der Waals surface area contributed by atoms with Gasteiger partial charge in [-0.25, -0.2) is 13.6 Å². The van der Waals surface area contributed by atoms with Gasteiger partial charge in [0.25, 0.3) is 0 Å². The molecule has 0 aliphatic heterocycles. The molecule has 0 aliphatic carbocycles. The minimum atomic E-state index is -3.82. The van der Waals surface area contributed by atoms with Crippen molar-refractivity contribution in [3.05, 3.63) is 78.9 Å². The van der Waals surface area contributed by atoms with Gasteiger partial charge in [0, 0.05) is 31.4 Å². The van der Waals surface area contributed by atoms with E-state index in [0.29, 0.717) is 12.2 Å². The molecule has 0 heterocycles. The predicted octanol–water partition coefficient (Wildman–Crippen LogP) is 3.59. The van der Waals surface area contributed by atoms with Crippen LogP contribution in [-0.2, 0) is 14.8 Å². The van der Waals surface area contributed by atoms with Crippen LogP contribution in [0.5, 0.6) is 11.5 Å². The van der Waals surface area contributed by atoms with Crippen molar-refractivity contribution in [2.75, 3.05) is 23.8 Å². The number of nitrogens with zero attached hydrogens (tertiary/aromatic N) is 1. The minimum Gasteiger partial charge on any atom is -0.457 e. The molecule has 0 bridgehead atoms. The van der Waals surface area contributed by atoms with Crippen LogP contribution in [0.1, 0.15) is 6.42 Å². The maximum Gasteiger partial charge on any atom is 0.238 e. The first-order valence-electron chi connectivity index (χ1n) is 9.28. The number of nitrogens with two attached hydrogens (primary N) is 1. The quantitative estimate of drug-likeness (QED) is 0.574. The zero-order valence-electron chi connectivity index (χ0n) is 16.5. The topological polar surface area (TPSA) is 102 Å². The molecule has 7 nitrogen and oxygen atoms in total. The zero-order valence-corrected chi connectivity index (χ0v) is 17.3. The van der Waals surface area contributed by atoms with Gasteiger partial charge in [0.05, 0.1) is 4.90 Å². The van der Waals surface area contributed by atoms with E-state index < -0.39 is 10.0 Å². The molecule has 0 aromatic heterocycles. The molecule has 0 aliphatic rings. The van der Waals surface area contributed by atoms with Crippen molar-refractivity contribution in [1.29, 1.82) is 0 Å². The van der Waals surface area contributed by atoms with Gasteiger partial charge in [-0.05, 0) is 54.6 Å². The third-order valence-electron chi connectivity index (χ3n) is 4.38. The number of hydrogen-bond donors (Lipinski definition) is 2. The maximum absolute atomic E-state index is 12.2. The Bertz CT molecular complexity index is 1100. The summed E-state index contributed by atoms with van der Waals surface area (Å²) in [4.78, 5) is 14.1. The van der Waals surface area contributed by atoms with Crippen LogP contribution in [0.3, 0.4) is 0 Å². The number of carbonyl (C=O) groups excluding carboxylic acids is 1. The van der Waals surface area contributed by atoms with E-state index in [2.05, 4.69) is 5.32 Å². The van der Waals surface area contributed by atoms with Crippen LogP contribution in [0.25, 0.3) is 0 Å². The van der Waals surface area contributed by atoms with Crippen molar-refractivity contribution >= 4 is 27.3 Å². The third-order valence-corrected chi connectivity index (χ3v) is 5.29. The number of hydrogen-bond acceptors (Lipinski definition) is 5. The summed E-state index contributed by atoms with van der Waals surface area (Å²) in [5, 5.41) is 7.81. The Balaban J connectivity index is 1.52. The third kappa shape index (κ3) is 6.07. The first-order chi connectivity index (χ1) is 14.3. The number of sulfonamides is 1. The van der Waals surface area contributed by atoms with Gasteiger partial charge in [0.15, 0.2) is 0 Å². The summed E-state index contributed by atoms with van der Waals surface area (Å²) >= 11 is 0. The number of carbonyl (C=O) groups is 1. The molecule has 0 atom stereocenters. The van der Waals surface area contributed by atoms with E-state index in [4.69, 9.17) is 9.88 Å². The first-order valence-corrected chi connectivity index (χ1v) is 10.8. The largest absolute Gasteiger partial charge is 0.457 e. The van der Waals surface area contributed by atoms with E-state index in [1.165, 1.54) is 18.2 Å². The molecule has 30 heavy (non-hydrogen) atoms. The predicted molar refractivity (Wildman–Crippen MR) is 117 cm³/mol. The van der Waals surface area contributed by atoms with Gasteiger partial charge >= 0.3 is 0 Å². The average Bonchev–Trinajstić information content (AvgIpc) is 2.73. The summed E-state index contributed by atoms with van der Waals surface area (Å²) in [5.74, 6) is 1.27. The SMILES string of the molecule is CN(CCC(=O)Nc1cccc(S(N)(=O)=O)c1)c1ccc(Oc2ccccc2)cc1. The molecule has 3 rings (SSSR count). The molecule has 0 saturated carbocycles. The molecule has 0 radical (unpaired) electrons. The van der Waals surface area contributed by atoms with Gasteiger partial charge in [-0.1, -0.05) is 24.3 Å². The molecule has 0 fully saturated rings. The minimum absolute atomic E-state index is 0.0461. The number of ether oxygens (including phenoxy) is 1. The summed E-state index contributed by atoms with van der Waals surface area (Å²) in [6.45, 7) is 0.486. The van der Waals surface area contributed by atoms with E-state index in [-0.39, 0.29) is 17.2 Å². The van der Waals surface area contributed by atoms with Gasteiger partial charge < -0.3 is 15.0 Å². The Morgan fingerprint density at radius 2 is 1.63 bits per heavy atom. The summed E-state index contributed by atoms with van der Waals surface area (Å²) < 4.78 is 28.6. The number of nitrogens with one attached hydrogen (secondary N) is 1. The van der Waals surface area contributed by atoms with Crippen LogP contribution in [0.2, 0.25) is 0 Å². The molecule has 156 valence electrons. The zero-order chi connectivity index (χ0) is 21.6. The molecule has 8 heteroatoms. The van der Waals surface area contributed by atoms with Crippen LogP contribution in [0.15, 0.2) is 83.8 Å². The second-order valence-corrected chi connectivity index (χ2v) is 8.26. The highest BCUT2D eigenvalue weighted by Crippen LogP contribution is 2.24. The van der Waals surface area contributed by atoms with Crippen molar-refractivity contribution in [1.82, 2.24) is 0 Å². The number of para-hydroxylation sites is 1. The Kier molecular flexibility index (Phi) is 6.71. The number of amides is 1. The van der Waals surface area contributed by atoms with Crippen LogP contribution in [0, 0.1) is 0 Å². The number of primary sulfonamides is 1. The van der Waals surface area contributed by atoms with Crippen molar-refractivity contribution in [3.63, 3.8) is 0 Å². The van der Waals surface area contributed by atoms with E-state index in [9.17, 15) is 13.2 Å². The van der Waals surface area contributed by atoms with E-state index >= 15 is 0 Å². The summed E-state index contributed by atoms with van der Waals surface area (Å²) in [7, 11) is -1.93. The highest BCUT2D eigenvalue weighted by molar-refractivity contribution is 7.89. The van der Waals surface area contributed by atoms with Crippen molar-refractivity contribution in [2.24, 2.45) is 5.14 Å². The molecule has 3 N–H and O–H groups in total. The van der Waals surface area contributed by atoms with Gasteiger partial charge in [-0.2, -0.15) is 0 Å². The molecule has 3 aromatic rings. The lowest BCUT2D eigenvalue weighted by atomic mass is 10.2. The van der Waals surface area contributed by atoms with Crippen molar-refractivity contribution < 1.29 is 17.9 Å². The molecular formula is C22H23N3O4S. The smallest absolute Gasteiger partial charge is 0.238 e. The molecule has 3 aromatic carbocycles. The number of rotatable bonds is 8. The molecular weight excluding hydrogens is 402 g/mol. The Morgan fingerprint density at radius 1 is 0.967 bits per heavy atom. The van der Waals surface area contributed by atoms with Gasteiger partial charge in [0.1, 0.15) is 11.5 Å². The lowest BCUT2D eigenvalue weighted by Crippen LogP contribution is -2.24. The van der Waals surface area contributed by atoms with Gasteiger partial charge in [0.2, 0.25) is 15.9 Å². The van der Waals surface area contributed by atoms with Crippen LogP contribution >= 0.6 is 0 Å². The van der Waals surface area contributed by atoms with Gasteiger partial charge in [-0.3, -0.25) is 4.79 Å². The van der Waals surface area contributed by atoms with Crippen LogP contribution < -0.4 is 20.1 Å². The Hall–Kier alpha value is -3.36. The Labute approximate surface area is 176 Å². The second kappa shape index (κ2) is 9.43. The molecule has 0 spiro atoms. The lowest BCUT2D eigenvalue weighted by molar-refractivity contribution is -0.116. The molecule has 0 saturated heterocycles. The first kappa shape index (κ1) is 21.4. The van der Waals surface area contributed by atoms with Gasteiger partial charge in [-0.15, -0.1) is 0 Å². The fraction of sp³-hybridized carbons (Fsp3) is 0.136. The summed E-state index contributed by atoms with van der Waals surface area (Å²) in [5.41, 5.74) is 1.33. The monoisotopic (exact) mass is 425 g/mol. The van der Waals surface area contributed by atoms with E-state index in [1.807, 2.05) is 66.5 Å². The molecule has 1 amide bonds. The Morgan fingerprint density at radius 3 is 2.30 bits per heavy atom. The normalized spacial score (nSPS) is 11.0. The summed E-state index contributed by atoms with van der Waals surface area (Å²) in [6, 6.07) is 23.0. The highest BCUT2D eigenvalue weighted by Gasteiger charge is 2.10. The van der Waals surface area contributed by atoms with Crippen molar-refractivity contribution in [2.45, 2.75) is 11.3 Å². The van der Waals surface area contributed by atoms with Crippen LogP contribution in [-0.4, -0.2) is 27.9 Å². The number of benzene rings is 3. The van der Waals surface area contributed by atoms with E-state index in [0.717, 1.165) is 17.2 Å². The molecule has 0 unspecified atom stereocenters. The van der Waals surface area contributed by atoms with E-state index in [1.54, 1.807) is 6.07 Å². The van der Waals surface area contributed by atoms with Crippen LogP contribution in [0.4, 0.5) is 11.4 Å². The maximum atomic E-state index is 12.2. The lowest BCUT2D eigenvalue weighted by Gasteiger charge is -2.19. The number of anilines is 2. The highest BCUT2D eigenvalue weighted by atomic mass is 32.2. The fourth-order valence-corrected chi connectivity index (χ4v) is 3.33. The fourth-order valence-electron chi connectivity index (χ4n) is 2.77. The average molecular weight is 426 g/mol. The second-order valence-electron chi connectivity index (χ2n) is 6.70. The van der Waals surface area contributed by atoms with Crippen molar-refractivity contribution in [3.8, 4) is 11.5 Å². The standard InChI is InChI=1S/C22H23N3O4S/c1-25(18-10-12-20(13-11-18)29-19-7-3-2-4-8-19)15-14-22(26)24-17-6-5-9-21(16-17)30(23,27)28/h2-13,16H,14-15H2,1H3,(H,24,26)(H2,23,27,28). The summed E-state index contributed by atoms with van der Waals surface area (Å²) in [6.07, 6.45) is 0.234.